The van der Waals surface area contributed by atoms with Crippen LogP contribution in [0.1, 0.15) is 27.6 Å². The second-order valence-corrected chi connectivity index (χ2v) is 4.70. The lowest BCUT2D eigenvalue weighted by Crippen LogP contribution is -2.11. The van der Waals surface area contributed by atoms with Crippen molar-refractivity contribution in [2.24, 2.45) is 0 Å². The summed E-state index contributed by atoms with van der Waals surface area (Å²) in [5.74, 6) is -1.20. The predicted octanol–water partition coefficient (Wildman–Crippen LogP) is 2.92. The van der Waals surface area contributed by atoms with Gasteiger partial charge in [0, 0.05) is 10.5 Å². The molecule has 1 aromatic rings. The van der Waals surface area contributed by atoms with Crippen LogP contribution in [0.2, 0.25) is 0 Å². The summed E-state index contributed by atoms with van der Waals surface area (Å²) in [7, 11) is 0. The smallest absolute Gasteiger partial charge is 0.336 e. The molecule has 86 valence electrons. The van der Waals surface area contributed by atoms with E-state index in [1.165, 1.54) is 23.9 Å². The quantitative estimate of drug-likeness (QED) is 0.513. The third-order valence-electron chi connectivity index (χ3n) is 2.08. The molecule has 0 heterocycles. The van der Waals surface area contributed by atoms with E-state index in [0.29, 0.717) is 10.5 Å². The molecule has 3 nitrogen and oxygen atoms in total. The van der Waals surface area contributed by atoms with Crippen LogP contribution in [-0.2, 0) is 0 Å². The van der Waals surface area contributed by atoms with Gasteiger partial charge in [0.25, 0.3) is 0 Å². The molecule has 1 aromatic carbocycles. The molecule has 0 aliphatic rings. The molecule has 0 amide bonds. The molecule has 0 aliphatic carbocycles. The van der Waals surface area contributed by atoms with Crippen LogP contribution in [0, 0.1) is 0 Å². The van der Waals surface area contributed by atoms with Crippen LogP contribution < -0.4 is 0 Å². The highest BCUT2D eigenvalue weighted by Crippen LogP contribution is 2.23. The fraction of sp³-hybridized carbons (Fsp3) is 0.273. The Bertz CT molecular complexity index is 429. The van der Waals surface area contributed by atoms with Crippen LogP contribution in [0.4, 0.5) is 0 Å². The van der Waals surface area contributed by atoms with Gasteiger partial charge in [0.2, 0.25) is 0 Å². The topological polar surface area (TPSA) is 54.4 Å². The maximum atomic E-state index is 11.6. The molecular formula is C11H11ClO3S. The zero-order chi connectivity index (χ0) is 12.3. The van der Waals surface area contributed by atoms with Gasteiger partial charge < -0.3 is 5.11 Å². The van der Waals surface area contributed by atoms with Crippen molar-refractivity contribution in [1.82, 2.24) is 0 Å². The number of ketones is 1. The first-order valence-electron chi connectivity index (χ1n) is 4.57. The molecule has 0 saturated carbocycles. The molecule has 0 radical (unpaired) electrons. The number of carbonyl (C=O) groups is 2. The van der Waals surface area contributed by atoms with E-state index in [0.717, 1.165) is 0 Å². The fourth-order valence-corrected chi connectivity index (χ4v) is 2.00. The SMILES string of the molecule is CSc1cc(C(=O)C(C)Cl)ccc1C(=O)O. The largest absolute Gasteiger partial charge is 0.478 e. The lowest BCUT2D eigenvalue weighted by atomic mass is 10.1. The van der Waals surface area contributed by atoms with Crippen LogP contribution >= 0.6 is 23.4 Å². The number of Topliss-reactive ketones (excluding diaryl/α,β-unsaturated/α-hetero) is 1. The van der Waals surface area contributed by atoms with Gasteiger partial charge in [-0.15, -0.1) is 23.4 Å². The zero-order valence-corrected chi connectivity index (χ0v) is 10.4. The molecule has 5 heteroatoms. The minimum Gasteiger partial charge on any atom is -0.478 e. The number of carbonyl (C=O) groups excluding carboxylic acids is 1. The molecule has 1 atom stereocenters. The Hall–Kier alpha value is -1.00. The van der Waals surface area contributed by atoms with Crippen LogP contribution in [0.15, 0.2) is 23.1 Å². The number of aromatic carboxylic acids is 1. The van der Waals surface area contributed by atoms with Gasteiger partial charge in [0.1, 0.15) is 0 Å². The van der Waals surface area contributed by atoms with E-state index >= 15 is 0 Å². The standard InChI is InChI=1S/C11H11ClO3S/c1-6(12)10(13)7-3-4-8(11(14)15)9(5-7)16-2/h3-6H,1-2H3,(H,14,15). The van der Waals surface area contributed by atoms with Crippen molar-refractivity contribution >= 4 is 35.1 Å². The van der Waals surface area contributed by atoms with E-state index in [2.05, 4.69) is 0 Å². The third kappa shape index (κ3) is 2.77. The average Bonchev–Trinajstić information content (AvgIpc) is 2.26. The second kappa shape index (κ2) is 5.37. The molecule has 0 spiro atoms. The molecular weight excluding hydrogens is 248 g/mol. The minimum atomic E-state index is -0.998. The van der Waals surface area contributed by atoms with Crippen molar-refractivity contribution in [3.05, 3.63) is 29.3 Å². The van der Waals surface area contributed by atoms with Crippen LogP contribution in [0.3, 0.4) is 0 Å². The van der Waals surface area contributed by atoms with Gasteiger partial charge in [0.05, 0.1) is 10.9 Å². The number of hydrogen-bond acceptors (Lipinski definition) is 3. The monoisotopic (exact) mass is 258 g/mol. The van der Waals surface area contributed by atoms with E-state index in [9.17, 15) is 9.59 Å². The molecule has 0 aliphatic heterocycles. The highest BCUT2D eigenvalue weighted by molar-refractivity contribution is 7.98. The number of carboxylic acid groups (broad SMARTS) is 1. The first-order chi connectivity index (χ1) is 7.47. The first-order valence-corrected chi connectivity index (χ1v) is 6.23. The normalized spacial score (nSPS) is 12.2. The van der Waals surface area contributed by atoms with E-state index < -0.39 is 11.3 Å². The lowest BCUT2D eigenvalue weighted by molar-refractivity contribution is 0.0692. The Labute approximate surface area is 103 Å². The number of hydrogen-bond donors (Lipinski definition) is 1. The first kappa shape index (κ1) is 13.1. The Morgan fingerprint density at radius 2 is 2.06 bits per heavy atom. The molecule has 1 unspecified atom stereocenters. The zero-order valence-electron chi connectivity index (χ0n) is 8.86. The number of thioether (sulfide) groups is 1. The summed E-state index contributed by atoms with van der Waals surface area (Å²) in [6, 6.07) is 4.49. The summed E-state index contributed by atoms with van der Waals surface area (Å²) < 4.78 is 0. The lowest BCUT2D eigenvalue weighted by Gasteiger charge is -2.07. The average molecular weight is 259 g/mol. The van der Waals surface area contributed by atoms with Gasteiger partial charge in [0.15, 0.2) is 5.78 Å². The van der Waals surface area contributed by atoms with Gasteiger partial charge in [-0.05, 0) is 25.3 Å². The number of benzene rings is 1. The molecule has 1 N–H and O–H groups in total. The Morgan fingerprint density at radius 3 is 2.50 bits per heavy atom. The Kier molecular flexibility index (Phi) is 4.38. The molecule has 1 rings (SSSR count). The highest BCUT2D eigenvalue weighted by Gasteiger charge is 2.16. The molecule has 16 heavy (non-hydrogen) atoms. The maximum absolute atomic E-state index is 11.6. The maximum Gasteiger partial charge on any atom is 0.336 e. The van der Waals surface area contributed by atoms with Crippen molar-refractivity contribution in [2.75, 3.05) is 6.26 Å². The van der Waals surface area contributed by atoms with Crippen molar-refractivity contribution in [3.63, 3.8) is 0 Å². The number of alkyl halides is 1. The van der Waals surface area contributed by atoms with E-state index in [4.69, 9.17) is 16.7 Å². The summed E-state index contributed by atoms with van der Waals surface area (Å²) in [4.78, 5) is 23.0. The molecule has 0 bridgehead atoms. The van der Waals surface area contributed by atoms with Crippen molar-refractivity contribution in [1.29, 1.82) is 0 Å². The number of carboxylic acids is 1. The summed E-state index contributed by atoms with van der Waals surface area (Å²) in [5, 5.41) is 8.30. The summed E-state index contributed by atoms with van der Waals surface area (Å²) in [6.45, 7) is 1.59. The van der Waals surface area contributed by atoms with Gasteiger partial charge in [-0.3, -0.25) is 4.79 Å². The van der Waals surface area contributed by atoms with Gasteiger partial charge >= 0.3 is 5.97 Å². The van der Waals surface area contributed by atoms with E-state index in [1.807, 2.05) is 0 Å². The molecule has 0 aromatic heterocycles. The summed E-state index contributed by atoms with van der Waals surface area (Å²) >= 11 is 6.98. The molecule has 0 saturated heterocycles. The molecule has 0 fully saturated rings. The predicted molar refractivity (Wildman–Crippen MR) is 64.8 cm³/mol. The van der Waals surface area contributed by atoms with Crippen LogP contribution in [0.25, 0.3) is 0 Å². The van der Waals surface area contributed by atoms with Crippen molar-refractivity contribution in [3.8, 4) is 0 Å². The second-order valence-electron chi connectivity index (χ2n) is 3.20. The third-order valence-corrected chi connectivity index (χ3v) is 3.05. The summed E-state index contributed by atoms with van der Waals surface area (Å²) in [5.41, 5.74) is 0.642. The Balaban J connectivity index is 3.19. The number of rotatable bonds is 4. The van der Waals surface area contributed by atoms with Crippen LogP contribution in [0.5, 0.6) is 0 Å². The summed E-state index contributed by atoms with van der Waals surface area (Å²) in [6.07, 6.45) is 1.76. The Morgan fingerprint density at radius 1 is 1.44 bits per heavy atom. The fourth-order valence-electron chi connectivity index (χ4n) is 1.25. The number of halogens is 1. The van der Waals surface area contributed by atoms with Gasteiger partial charge in [-0.1, -0.05) is 6.07 Å². The van der Waals surface area contributed by atoms with Crippen LogP contribution in [-0.4, -0.2) is 28.5 Å². The minimum absolute atomic E-state index is 0.200. The van der Waals surface area contributed by atoms with Gasteiger partial charge in [-0.2, -0.15) is 0 Å². The van der Waals surface area contributed by atoms with E-state index in [1.54, 1.807) is 19.2 Å². The van der Waals surface area contributed by atoms with Gasteiger partial charge in [-0.25, -0.2) is 4.79 Å². The van der Waals surface area contributed by atoms with E-state index in [-0.39, 0.29) is 11.3 Å². The highest BCUT2D eigenvalue weighted by atomic mass is 35.5. The van der Waals surface area contributed by atoms with Crippen molar-refractivity contribution < 1.29 is 14.7 Å². The van der Waals surface area contributed by atoms with Crippen molar-refractivity contribution in [2.45, 2.75) is 17.2 Å².